The Hall–Kier alpha value is -2.75. The smallest absolute Gasteiger partial charge is 0.410 e. The lowest BCUT2D eigenvalue weighted by atomic mass is 9.78. The van der Waals surface area contributed by atoms with E-state index in [9.17, 15) is 9.90 Å². The summed E-state index contributed by atoms with van der Waals surface area (Å²) < 4.78 is 17.5. The molecule has 0 spiro atoms. The zero-order valence-electron chi connectivity index (χ0n) is 30.3. The van der Waals surface area contributed by atoms with E-state index in [1.807, 2.05) is 50.7 Å². The zero-order valence-corrected chi connectivity index (χ0v) is 30.3. The summed E-state index contributed by atoms with van der Waals surface area (Å²) in [6, 6.07) is 4.24. The van der Waals surface area contributed by atoms with E-state index in [2.05, 4.69) is 28.9 Å². The molecule has 0 saturated carbocycles. The van der Waals surface area contributed by atoms with Gasteiger partial charge in [-0.15, -0.1) is 0 Å². The Kier molecular flexibility index (Phi) is 11.5. The molecule has 262 valence electrons. The number of rotatable bonds is 8. The molecule has 3 fully saturated rings. The molecule has 47 heavy (non-hydrogen) atoms. The number of amides is 1. The van der Waals surface area contributed by atoms with E-state index in [4.69, 9.17) is 14.2 Å². The number of carbonyl (C=O) groups is 1. The van der Waals surface area contributed by atoms with Gasteiger partial charge in [0.15, 0.2) is 0 Å². The van der Waals surface area contributed by atoms with E-state index in [1.165, 1.54) is 45.3 Å². The third-order valence-electron chi connectivity index (χ3n) is 11.1. The van der Waals surface area contributed by atoms with Crippen molar-refractivity contribution in [3.8, 4) is 11.5 Å². The molecule has 1 aromatic rings. The zero-order chi connectivity index (χ0) is 33.9. The maximum Gasteiger partial charge on any atom is 0.410 e. The van der Waals surface area contributed by atoms with E-state index in [0.717, 1.165) is 96.7 Å². The molecule has 4 aliphatic rings. The Bertz CT molecular complexity index is 1270. The second-order valence-electron chi connectivity index (χ2n) is 15.4. The number of piperidine rings is 3. The Labute approximate surface area is 283 Å². The normalized spacial score (nSPS) is 23.3. The first-order valence-corrected chi connectivity index (χ1v) is 17.8. The molecule has 1 atom stereocenters. The lowest BCUT2D eigenvalue weighted by molar-refractivity contribution is 0.0158. The summed E-state index contributed by atoms with van der Waals surface area (Å²) in [6.45, 7) is 18.1. The van der Waals surface area contributed by atoms with Crippen LogP contribution in [-0.2, 0) is 11.3 Å². The van der Waals surface area contributed by atoms with Gasteiger partial charge < -0.3 is 34.0 Å². The fourth-order valence-corrected chi connectivity index (χ4v) is 8.07. The van der Waals surface area contributed by atoms with Crippen molar-refractivity contribution in [1.82, 2.24) is 19.6 Å². The number of likely N-dealkylation sites (tertiary alicyclic amines) is 3. The second-order valence-corrected chi connectivity index (χ2v) is 15.4. The van der Waals surface area contributed by atoms with Crippen LogP contribution in [0, 0.1) is 17.8 Å². The van der Waals surface area contributed by atoms with Crippen molar-refractivity contribution >= 4 is 11.7 Å². The van der Waals surface area contributed by atoms with E-state index in [-0.39, 0.29) is 6.09 Å². The SMILES string of the molecule is COc1cc(C2=CN(C)C(O)C(C)=C2C)cc(OC)c1CN1CCC(C2CCN(CC3CCN(C(=O)OC(C)(C)C)CC3)CC2)CC1. The highest BCUT2D eigenvalue weighted by Gasteiger charge is 2.33. The van der Waals surface area contributed by atoms with Crippen LogP contribution in [0.25, 0.3) is 5.57 Å². The number of ether oxygens (including phenoxy) is 3. The molecule has 0 radical (unpaired) electrons. The summed E-state index contributed by atoms with van der Waals surface area (Å²) >= 11 is 0. The highest BCUT2D eigenvalue weighted by molar-refractivity contribution is 5.82. The third-order valence-corrected chi connectivity index (χ3v) is 11.1. The number of aliphatic hydroxyl groups excluding tert-OH is 1. The van der Waals surface area contributed by atoms with Gasteiger partial charge in [0.05, 0.1) is 19.8 Å². The molecule has 9 heteroatoms. The quantitative estimate of drug-likeness (QED) is 0.355. The number of benzene rings is 1. The van der Waals surface area contributed by atoms with Gasteiger partial charge in [0, 0.05) is 45.0 Å². The standard InChI is InChI=1S/C38H60N4O5/c1-26-27(2)36(43)39(6)24-32(26)31-21-34(45-7)33(35(22-31)46-8)25-41-17-13-30(14-18-41)29-11-15-40(16-12-29)23-28-9-19-42(20-10-28)37(44)47-38(3,4)5/h21-22,24,28-30,36,43H,9-20,23,25H2,1-8H3. The molecule has 1 aromatic carbocycles. The number of likely N-dealkylation sites (N-methyl/N-ethyl adjacent to an activating group) is 1. The molecule has 1 N–H and O–H groups in total. The first-order valence-electron chi connectivity index (χ1n) is 17.8. The number of allylic oxidation sites excluding steroid dienone is 2. The number of hydrogen-bond donors (Lipinski definition) is 1. The minimum absolute atomic E-state index is 0.162. The summed E-state index contributed by atoms with van der Waals surface area (Å²) in [5.74, 6) is 4.01. The van der Waals surface area contributed by atoms with Gasteiger partial charge >= 0.3 is 6.09 Å². The predicted molar refractivity (Wildman–Crippen MR) is 187 cm³/mol. The molecular formula is C38H60N4O5. The first-order chi connectivity index (χ1) is 22.4. The van der Waals surface area contributed by atoms with Gasteiger partial charge in [0.1, 0.15) is 23.3 Å². The fourth-order valence-electron chi connectivity index (χ4n) is 8.07. The summed E-state index contributed by atoms with van der Waals surface area (Å²) in [7, 11) is 5.39. The monoisotopic (exact) mass is 652 g/mol. The molecule has 0 aliphatic carbocycles. The number of nitrogens with zero attached hydrogens (tertiary/aromatic N) is 4. The van der Waals surface area contributed by atoms with Gasteiger partial charge in [-0.25, -0.2) is 4.79 Å². The van der Waals surface area contributed by atoms with Crippen LogP contribution < -0.4 is 9.47 Å². The molecule has 0 aromatic heterocycles. The Morgan fingerprint density at radius 1 is 0.851 bits per heavy atom. The average molecular weight is 653 g/mol. The highest BCUT2D eigenvalue weighted by atomic mass is 16.6. The summed E-state index contributed by atoms with van der Waals surface area (Å²) in [4.78, 5) is 21.4. The van der Waals surface area contributed by atoms with Crippen molar-refractivity contribution in [3.63, 3.8) is 0 Å². The Balaban J connectivity index is 1.09. The van der Waals surface area contributed by atoms with Gasteiger partial charge in [-0.3, -0.25) is 4.90 Å². The average Bonchev–Trinajstić information content (AvgIpc) is 3.05. The molecule has 4 heterocycles. The van der Waals surface area contributed by atoms with E-state index >= 15 is 0 Å². The van der Waals surface area contributed by atoms with Crippen molar-refractivity contribution in [1.29, 1.82) is 0 Å². The van der Waals surface area contributed by atoms with Gasteiger partial charge in [0.25, 0.3) is 0 Å². The number of aliphatic hydroxyl groups is 1. The van der Waals surface area contributed by atoms with Gasteiger partial charge in [-0.2, -0.15) is 0 Å². The van der Waals surface area contributed by atoms with Crippen LogP contribution in [0.2, 0.25) is 0 Å². The molecule has 4 aliphatic heterocycles. The van der Waals surface area contributed by atoms with Crippen molar-refractivity contribution in [2.75, 3.05) is 67.1 Å². The summed E-state index contributed by atoms with van der Waals surface area (Å²) in [5, 5.41) is 10.5. The van der Waals surface area contributed by atoms with Crippen LogP contribution in [0.1, 0.15) is 84.3 Å². The number of methoxy groups -OCH3 is 2. The Morgan fingerprint density at radius 2 is 1.38 bits per heavy atom. The van der Waals surface area contributed by atoms with Crippen molar-refractivity contribution < 1.29 is 24.1 Å². The van der Waals surface area contributed by atoms with Crippen LogP contribution in [0.4, 0.5) is 4.79 Å². The fraction of sp³-hybridized carbons (Fsp3) is 0.711. The van der Waals surface area contributed by atoms with Crippen LogP contribution >= 0.6 is 0 Å². The van der Waals surface area contributed by atoms with Crippen molar-refractivity contribution in [2.45, 2.75) is 91.5 Å². The minimum atomic E-state index is -0.598. The first kappa shape index (κ1) is 35.6. The third kappa shape index (κ3) is 8.65. The van der Waals surface area contributed by atoms with Gasteiger partial charge in [-0.05, 0) is 146 Å². The molecule has 1 amide bonds. The molecule has 0 bridgehead atoms. The molecule has 5 rings (SSSR count). The number of hydrogen-bond acceptors (Lipinski definition) is 8. The number of carbonyl (C=O) groups excluding carboxylic acids is 1. The second kappa shape index (κ2) is 15.2. The molecule has 3 saturated heterocycles. The molecular weight excluding hydrogens is 592 g/mol. The lowest BCUT2D eigenvalue weighted by Crippen LogP contribution is -2.45. The highest BCUT2D eigenvalue weighted by Crippen LogP contribution is 2.40. The largest absolute Gasteiger partial charge is 0.496 e. The van der Waals surface area contributed by atoms with E-state index in [1.54, 1.807) is 14.2 Å². The minimum Gasteiger partial charge on any atom is -0.496 e. The molecule has 9 nitrogen and oxygen atoms in total. The summed E-state index contributed by atoms with van der Waals surface area (Å²) in [5.41, 5.74) is 4.82. The Morgan fingerprint density at radius 3 is 1.89 bits per heavy atom. The lowest BCUT2D eigenvalue weighted by Gasteiger charge is -2.42. The van der Waals surface area contributed by atoms with E-state index in [0.29, 0.717) is 5.92 Å². The summed E-state index contributed by atoms with van der Waals surface area (Å²) in [6.07, 6.45) is 8.51. The van der Waals surface area contributed by atoms with Crippen LogP contribution in [0.3, 0.4) is 0 Å². The van der Waals surface area contributed by atoms with Gasteiger partial charge in [-0.1, -0.05) is 0 Å². The predicted octanol–water partition coefficient (Wildman–Crippen LogP) is 6.22. The van der Waals surface area contributed by atoms with Crippen LogP contribution in [-0.4, -0.2) is 110 Å². The van der Waals surface area contributed by atoms with Crippen molar-refractivity contribution in [3.05, 3.63) is 40.6 Å². The van der Waals surface area contributed by atoms with Crippen LogP contribution in [0.5, 0.6) is 11.5 Å². The molecule has 1 unspecified atom stereocenters. The van der Waals surface area contributed by atoms with E-state index < -0.39 is 11.8 Å². The topological polar surface area (TPSA) is 78.0 Å². The van der Waals surface area contributed by atoms with Crippen molar-refractivity contribution in [2.24, 2.45) is 17.8 Å². The maximum absolute atomic E-state index is 12.4. The van der Waals surface area contributed by atoms with Gasteiger partial charge in [0.2, 0.25) is 0 Å². The maximum atomic E-state index is 12.4. The van der Waals surface area contributed by atoms with Crippen LogP contribution in [0.15, 0.2) is 29.5 Å².